The molecule has 47 heavy (non-hydrogen) atoms. The molecular formula is C45H29NO. The van der Waals surface area contributed by atoms with Gasteiger partial charge in [-0.1, -0.05) is 133 Å². The summed E-state index contributed by atoms with van der Waals surface area (Å²) in [5.41, 5.74) is 6.64. The topological polar surface area (TPSA) is 18.1 Å². The molecule has 0 unspecified atom stereocenters. The second-order valence-corrected chi connectivity index (χ2v) is 11.9. The molecule has 0 aliphatic carbocycles. The van der Waals surface area contributed by atoms with E-state index in [1.165, 1.54) is 0 Å². The predicted octanol–water partition coefficient (Wildman–Crippen LogP) is 12.5. The van der Waals surface area contributed by atoms with Crippen LogP contribution in [0.15, 0.2) is 162 Å². The Morgan fingerprint density at radius 3 is 1.81 bits per heavy atom. The maximum absolute atomic E-state index is 9.45. The number of fused-ring (bicyclic) bond motifs is 8. The molecule has 0 fully saturated rings. The van der Waals surface area contributed by atoms with E-state index in [4.69, 9.17) is 9.90 Å². The number of hydrogen-bond acceptors (Lipinski definition) is 1. The maximum Gasteiger partial charge on any atom is 0.143 e. The van der Waals surface area contributed by atoms with Crippen molar-refractivity contribution >= 4 is 65.3 Å². The molecule has 0 aliphatic heterocycles. The molecular weight excluding hydrogens is 571 g/mol. The lowest BCUT2D eigenvalue weighted by Gasteiger charge is -2.18. The van der Waals surface area contributed by atoms with Crippen LogP contribution in [-0.4, -0.2) is 4.57 Å². The fraction of sp³-hybridized carbons (Fsp3) is 0.0222. The van der Waals surface area contributed by atoms with Crippen LogP contribution < -0.4 is 0 Å². The first-order chi connectivity index (χ1) is 26.6. The molecule has 2 aromatic heterocycles. The van der Waals surface area contributed by atoms with Gasteiger partial charge in [-0.25, -0.2) is 0 Å². The molecule has 2 heteroatoms. The number of rotatable bonds is 3. The van der Waals surface area contributed by atoms with E-state index >= 15 is 0 Å². The minimum atomic E-state index is -0.437. The number of benzene rings is 8. The molecule has 220 valence electrons. The zero-order chi connectivity index (χ0) is 38.0. The smallest absolute Gasteiger partial charge is 0.143 e. The summed E-state index contributed by atoms with van der Waals surface area (Å²) < 4.78 is 81.7. The summed E-state index contributed by atoms with van der Waals surface area (Å²) >= 11 is 0. The van der Waals surface area contributed by atoms with Gasteiger partial charge in [-0.15, -0.1) is 0 Å². The van der Waals surface area contributed by atoms with Gasteiger partial charge in [0.2, 0.25) is 0 Å². The van der Waals surface area contributed by atoms with E-state index in [2.05, 4.69) is 22.8 Å². The molecule has 0 saturated heterocycles. The molecule has 0 spiro atoms. The van der Waals surface area contributed by atoms with Crippen molar-refractivity contribution in [3.63, 3.8) is 0 Å². The highest BCUT2D eigenvalue weighted by Gasteiger charge is 2.22. The standard InChI is InChI=1S/C45H29NO/c1-46-40-24-11-9-16-30(40)36-22-13-23-37(44(36)46)39-27-29(26-38-31-17-10-12-25-41(31)47-45(38)39)43-34-20-7-5-18-32(34)42(28-14-3-2-4-15-28)33-19-6-8-21-35(33)43/h2-27H,1H3/i5D,6D,7D,8D,18D,19D,20D,21D. The third-order valence-corrected chi connectivity index (χ3v) is 9.42. The monoisotopic (exact) mass is 607 g/mol. The van der Waals surface area contributed by atoms with Gasteiger partial charge in [0.25, 0.3) is 0 Å². The van der Waals surface area contributed by atoms with Gasteiger partial charge in [0, 0.05) is 45.2 Å². The summed E-state index contributed by atoms with van der Waals surface area (Å²) in [5, 5.41) is 4.44. The Kier molecular flexibility index (Phi) is 4.10. The molecule has 0 saturated carbocycles. The van der Waals surface area contributed by atoms with Crippen molar-refractivity contribution in [2.24, 2.45) is 7.05 Å². The van der Waals surface area contributed by atoms with Crippen molar-refractivity contribution in [2.45, 2.75) is 0 Å². The van der Waals surface area contributed by atoms with Gasteiger partial charge >= 0.3 is 0 Å². The molecule has 0 radical (unpaired) electrons. The number of aromatic nitrogens is 1. The van der Waals surface area contributed by atoms with Crippen LogP contribution >= 0.6 is 0 Å². The van der Waals surface area contributed by atoms with Gasteiger partial charge in [0.1, 0.15) is 11.2 Å². The molecule has 0 aliphatic rings. The zero-order valence-corrected chi connectivity index (χ0v) is 25.2. The van der Waals surface area contributed by atoms with Crippen molar-refractivity contribution < 1.29 is 15.4 Å². The Labute approximate surface area is 283 Å². The Morgan fingerprint density at radius 1 is 0.489 bits per heavy atom. The van der Waals surface area contributed by atoms with Gasteiger partial charge in [-0.2, -0.15) is 0 Å². The van der Waals surface area contributed by atoms with Crippen LogP contribution in [0.3, 0.4) is 0 Å². The van der Waals surface area contributed by atoms with E-state index in [0.29, 0.717) is 33.4 Å². The molecule has 8 aromatic carbocycles. The summed E-state index contributed by atoms with van der Waals surface area (Å²) in [6.07, 6.45) is 0. The van der Waals surface area contributed by atoms with Gasteiger partial charge in [-0.3, -0.25) is 0 Å². The lowest BCUT2D eigenvalue weighted by molar-refractivity contribution is 0.670. The number of aryl methyl sites for hydroxylation is 1. The third kappa shape index (κ3) is 3.73. The average molecular weight is 608 g/mol. The molecule has 0 amide bonds. The largest absolute Gasteiger partial charge is 0.455 e. The molecule has 2 heterocycles. The first kappa shape index (κ1) is 19.4. The van der Waals surface area contributed by atoms with Gasteiger partial charge in [0.05, 0.1) is 16.5 Å². The van der Waals surface area contributed by atoms with Crippen molar-refractivity contribution in [3.05, 3.63) is 158 Å². The van der Waals surface area contributed by atoms with Crippen LogP contribution in [-0.2, 0) is 7.05 Å². The zero-order valence-electron chi connectivity index (χ0n) is 33.2. The molecule has 10 rings (SSSR count). The van der Waals surface area contributed by atoms with Crippen molar-refractivity contribution in [1.29, 1.82) is 0 Å². The Morgan fingerprint density at radius 2 is 1.09 bits per heavy atom. The predicted molar refractivity (Wildman–Crippen MR) is 199 cm³/mol. The number of para-hydroxylation sites is 3. The first-order valence-corrected chi connectivity index (χ1v) is 15.5. The van der Waals surface area contributed by atoms with E-state index < -0.39 is 24.2 Å². The third-order valence-electron chi connectivity index (χ3n) is 9.42. The van der Waals surface area contributed by atoms with Crippen LogP contribution in [0.25, 0.3) is 98.7 Å². The number of furan rings is 1. The second-order valence-electron chi connectivity index (χ2n) is 11.9. The van der Waals surface area contributed by atoms with Gasteiger partial charge in [-0.05, 0) is 68.1 Å². The van der Waals surface area contributed by atoms with Crippen molar-refractivity contribution in [2.75, 3.05) is 0 Å². The van der Waals surface area contributed by atoms with Crippen LogP contribution in [0.1, 0.15) is 11.0 Å². The van der Waals surface area contributed by atoms with Crippen LogP contribution in [0, 0.1) is 0 Å². The van der Waals surface area contributed by atoms with E-state index in [0.717, 1.165) is 43.7 Å². The SMILES string of the molecule is [2H]c1c([2H])c([2H])c2c(-c3cc(-c4cccc5c6ccccc6n(C)c45)c4oc5ccccc5c4c3)c3c([2H])c([2H])c([2H])c([2H])c3c(-c3ccccc3)c2c1[2H]. The van der Waals surface area contributed by atoms with E-state index in [9.17, 15) is 5.48 Å². The summed E-state index contributed by atoms with van der Waals surface area (Å²) in [7, 11) is 2.03. The Bertz CT molecular complexity index is 3230. The maximum atomic E-state index is 9.45. The average Bonchev–Trinajstić information content (AvgIpc) is 3.74. The molecule has 10 aromatic rings. The molecule has 0 N–H and O–H groups in total. The Balaban J connectivity index is 1.48. The number of nitrogens with zero attached hydrogens (tertiary/aromatic N) is 1. The first-order valence-electron chi connectivity index (χ1n) is 19.5. The highest BCUT2D eigenvalue weighted by molar-refractivity contribution is 6.23. The second kappa shape index (κ2) is 9.94. The highest BCUT2D eigenvalue weighted by atomic mass is 16.3. The lowest BCUT2D eigenvalue weighted by Crippen LogP contribution is -1.93. The summed E-state index contributed by atoms with van der Waals surface area (Å²) in [4.78, 5) is 0. The summed E-state index contributed by atoms with van der Waals surface area (Å²) in [6, 6.07) is 32.0. The van der Waals surface area contributed by atoms with E-state index in [1.54, 1.807) is 24.3 Å². The minimum Gasteiger partial charge on any atom is -0.455 e. The Hall–Kier alpha value is -6.12. The molecule has 0 bridgehead atoms. The quantitative estimate of drug-likeness (QED) is 0.183. The van der Waals surface area contributed by atoms with Crippen molar-refractivity contribution in [1.82, 2.24) is 4.57 Å². The van der Waals surface area contributed by atoms with E-state index in [-0.39, 0.29) is 45.7 Å². The lowest BCUT2D eigenvalue weighted by atomic mass is 9.85. The van der Waals surface area contributed by atoms with Crippen LogP contribution in [0.4, 0.5) is 0 Å². The molecule has 0 atom stereocenters. The van der Waals surface area contributed by atoms with Crippen LogP contribution in [0.5, 0.6) is 0 Å². The molecule has 2 nitrogen and oxygen atoms in total. The highest BCUT2D eigenvalue weighted by Crippen LogP contribution is 2.47. The fourth-order valence-electron chi connectivity index (χ4n) is 7.43. The summed E-state index contributed by atoms with van der Waals surface area (Å²) in [6.45, 7) is 0. The number of hydrogen-bond donors (Lipinski definition) is 0. The summed E-state index contributed by atoms with van der Waals surface area (Å²) in [5.74, 6) is 0. The van der Waals surface area contributed by atoms with Gasteiger partial charge in [0.15, 0.2) is 0 Å². The van der Waals surface area contributed by atoms with Crippen LogP contribution in [0.2, 0.25) is 0 Å². The normalized spacial score (nSPS) is 14.3. The minimum absolute atomic E-state index is 0.170. The fourth-order valence-corrected chi connectivity index (χ4v) is 7.43. The van der Waals surface area contributed by atoms with E-state index in [1.807, 2.05) is 73.8 Å². The van der Waals surface area contributed by atoms with Gasteiger partial charge < -0.3 is 8.98 Å². The van der Waals surface area contributed by atoms with Crippen molar-refractivity contribution in [3.8, 4) is 33.4 Å².